The van der Waals surface area contributed by atoms with Gasteiger partial charge < -0.3 is 9.15 Å². The Bertz CT molecular complexity index is 359. The smallest absolute Gasteiger partial charge is 0.373 e. The molecule has 3 nitrogen and oxygen atoms in total. The van der Waals surface area contributed by atoms with Crippen molar-refractivity contribution < 1.29 is 13.9 Å². The van der Waals surface area contributed by atoms with Crippen molar-refractivity contribution in [1.82, 2.24) is 0 Å². The largest absolute Gasteiger partial charge is 0.463 e. The number of methoxy groups -OCH3 is 1. The van der Waals surface area contributed by atoms with E-state index >= 15 is 0 Å². The van der Waals surface area contributed by atoms with E-state index in [4.69, 9.17) is 4.42 Å². The lowest BCUT2D eigenvalue weighted by molar-refractivity contribution is 0.0563. The number of hydrogen-bond donors (Lipinski definition) is 0. The van der Waals surface area contributed by atoms with Crippen molar-refractivity contribution in [3.8, 4) is 0 Å². The molecule has 0 aliphatic carbocycles. The summed E-state index contributed by atoms with van der Waals surface area (Å²) in [7, 11) is 1.35. The molecule has 0 aliphatic heterocycles. The first-order chi connectivity index (χ1) is 8.08. The summed E-state index contributed by atoms with van der Waals surface area (Å²) >= 11 is 1.85. The van der Waals surface area contributed by atoms with Crippen LogP contribution in [0.4, 0.5) is 0 Å². The predicted molar refractivity (Wildman–Crippen MR) is 70.4 cm³/mol. The van der Waals surface area contributed by atoms with Crippen LogP contribution in [0.3, 0.4) is 0 Å². The van der Waals surface area contributed by atoms with Gasteiger partial charge in [0.2, 0.25) is 5.76 Å². The van der Waals surface area contributed by atoms with E-state index in [1.807, 2.05) is 17.8 Å². The van der Waals surface area contributed by atoms with Crippen molar-refractivity contribution in [2.75, 3.05) is 12.9 Å². The van der Waals surface area contributed by atoms with E-state index < -0.39 is 5.97 Å². The summed E-state index contributed by atoms with van der Waals surface area (Å²) in [5, 5.41) is 0.266. The van der Waals surface area contributed by atoms with Gasteiger partial charge in [0.25, 0.3) is 0 Å². The van der Waals surface area contributed by atoms with Gasteiger partial charge in [0.1, 0.15) is 5.76 Å². The normalized spacial score (nSPS) is 14.4. The summed E-state index contributed by atoms with van der Waals surface area (Å²) in [4.78, 5) is 11.2. The maximum Gasteiger partial charge on any atom is 0.373 e. The number of thioether (sulfide) groups is 1. The van der Waals surface area contributed by atoms with Gasteiger partial charge in [0, 0.05) is 0 Å². The summed E-state index contributed by atoms with van der Waals surface area (Å²) in [6.07, 6.45) is 1.19. The topological polar surface area (TPSA) is 39.4 Å². The maximum atomic E-state index is 11.2. The molecule has 1 rings (SSSR count). The molecule has 4 heteroatoms. The number of rotatable bonds is 6. The molecule has 0 radical (unpaired) electrons. The fourth-order valence-corrected chi connectivity index (χ4v) is 2.43. The van der Waals surface area contributed by atoms with Crippen LogP contribution < -0.4 is 0 Å². The van der Waals surface area contributed by atoms with Gasteiger partial charge in [-0.1, -0.05) is 20.3 Å². The molecule has 1 heterocycles. The highest BCUT2D eigenvalue weighted by molar-refractivity contribution is 7.99. The molecular formula is C13H20O3S. The molecule has 0 aliphatic rings. The molecule has 0 saturated carbocycles. The third-order valence-electron chi connectivity index (χ3n) is 2.74. The van der Waals surface area contributed by atoms with E-state index in [2.05, 4.69) is 25.5 Å². The minimum Gasteiger partial charge on any atom is -0.463 e. The first kappa shape index (κ1) is 14.2. The molecule has 0 fully saturated rings. The van der Waals surface area contributed by atoms with Gasteiger partial charge in [-0.15, -0.1) is 0 Å². The second-order valence-corrected chi connectivity index (χ2v) is 5.56. The van der Waals surface area contributed by atoms with Gasteiger partial charge in [-0.05, 0) is 30.7 Å². The van der Waals surface area contributed by atoms with Crippen LogP contribution in [-0.2, 0) is 4.74 Å². The van der Waals surface area contributed by atoms with E-state index in [-0.39, 0.29) is 11.0 Å². The van der Waals surface area contributed by atoms with Crippen molar-refractivity contribution >= 4 is 17.7 Å². The van der Waals surface area contributed by atoms with Crippen molar-refractivity contribution in [2.45, 2.75) is 32.4 Å². The molecule has 0 amide bonds. The zero-order chi connectivity index (χ0) is 12.8. The van der Waals surface area contributed by atoms with Crippen LogP contribution in [0.2, 0.25) is 0 Å². The zero-order valence-electron chi connectivity index (χ0n) is 10.9. The van der Waals surface area contributed by atoms with Crippen molar-refractivity contribution in [1.29, 1.82) is 0 Å². The zero-order valence-corrected chi connectivity index (χ0v) is 11.7. The Kier molecular flexibility index (Phi) is 5.62. The van der Waals surface area contributed by atoms with Crippen LogP contribution in [0.15, 0.2) is 16.5 Å². The van der Waals surface area contributed by atoms with Gasteiger partial charge in [-0.2, -0.15) is 11.8 Å². The molecule has 17 heavy (non-hydrogen) atoms. The molecular weight excluding hydrogens is 236 g/mol. The quantitative estimate of drug-likeness (QED) is 0.723. The van der Waals surface area contributed by atoms with E-state index in [0.29, 0.717) is 5.92 Å². The first-order valence-corrected chi connectivity index (χ1v) is 6.93. The van der Waals surface area contributed by atoms with Crippen LogP contribution >= 0.6 is 11.8 Å². The number of ether oxygens (including phenoxy) is 1. The Hall–Kier alpha value is -0.900. The Labute approximate surface area is 107 Å². The summed E-state index contributed by atoms with van der Waals surface area (Å²) < 4.78 is 10.1. The molecule has 96 valence electrons. The number of carbonyl (C=O) groups is 1. The fraction of sp³-hybridized carbons (Fsp3) is 0.615. The highest BCUT2D eigenvalue weighted by Gasteiger charge is 2.16. The molecule has 0 saturated heterocycles. The average Bonchev–Trinajstić information content (AvgIpc) is 2.83. The lowest BCUT2D eigenvalue weighted by Crippen LogP contribution is -1.99. The summed E-state index contributed by atoms with van der Waals surface area (Å²) in [6.45, 7) is 6.52. The fourth-order valence-electron chi connectivity index (χ4n) is 1.29. The molecule has 1 aromatic heterocycles. The number of furan rings is 1. The van der Waals surface area contributed by atoms with Crippen LogP contribution in [0, 0.1) is 5.92 Å². The Morgan fingerprint density at radius 1 is 1.47 bits per heavy atom. The molecule has 0 bridgehead atoms. The molecule has 0 spiro atoms. The van der Waals surface area contributed by atoms with E-state index in [1.54, 1.807) is 6.07 Å². The Morgan fingerprint density at radius 2 is 2.18 bits per heavy atom. The minimum atomic E-state index is -0.421. The minimum absolute atomic E-state index is 0.266. The van der Waals surface area contributed by atoms with Gasteiger partial charge in [0.05, 0.1) is 12.4 Å². The van der Waals surface area contributed by atoms with Crippen LogP contribution in [0.25, 0.3) is 0 Å². The van der Waals surface area contributed by atoms with Gasteiger partial charge >= 0.3 is 5.97 Å². The van der Waals surface area contributed by atoms with Gasteiger partial charge in [0.15, 0.2) is 0 Å². The molecule has 0 aromatic carbocycles. The van der Waals surface area contributed by atoms with E-state index in [0.717, 1.165) is 11.5 Å². The van der Waals surface area contributed by atoms with E-state index in [9.17, 15) is 4.79 Å². The predicted octanol–water partition coefficient (Wildman–Crippen LogP) is 3.91. The molecule has 2 atom stereocenters. The Balaban J connectivity index is 2.54. The lowest BCUT2D eigenvalue weighted by Gasteiger charge is -2.12. The highest BCUT2D eigenvalue weighted by Crippen LogP contribution is 2.31. The van der Waals surface area contributed by atoms with E-state index in [1.165, 1.54) is 13.5 Å². The average molecular weight is 256 g/mol. The second-order valence-electron chi connectivity index (χ2n) is 4.18. The molecule has 2 unspecified atom stereocenters. The molecule has 1 aromatic rings. The third kappa shape index (κ3) is 4.11. The maximum absolute atomic E-state index is 11.2. The molecule has 0 N–H and O–H groups in total. The highest BCUT2D eigenvalue weighted by atomic mass is 32.2. The number of esters is 1. The second kappa shape index (κ2) is 6.74. The standard InChI is InChI=1S/C13H20O3S/c1-5-9(2)8-17-10(3)11-6-7-12(16-11)13(14)15-4/h6-7,9-10H,5,8H2,1-4H3. The summed E-state index contributed by atoms with van der Waals surface area (Å²) in [5.74, 6) is 2.50. The van der Waals surface area contributed by atoms with Crippen LogP contribution in [0.5, 0.6) is 0 Å². The van der Waals surface area contributed by atoms with Crippen molar-refractivity contribution in [3.05, 3.63) is 23.7 Å². The van der Waals surface area contributed by atoms with Crippen LogP contribution in [0.1, 0.15) is 48.8 Å². The number of carbonyl (C=O) groups excluding carboxylic acids is 1. The van der Waals surface area contributed by atoms with Gasteiger partial charge in [-0.25, -0.2) is 4.79 Å². The monoisotopic (exact) mass is 256 g/mol. The van der Waals surface area contributed by atoms with Crippen LogP contribution in [-0.4, -0.2) is 18.8 Å². The Morgan fingerprint density at radius 3 is 2.76 bits per heavy atom. The third-order valence-corrected chi connectivity index (χ3v) is 4.24. The van der Waals surface area contributed by atoms with Crippen molar-refractivity contribution in [3.63, 3.8) is 0 Å². The van der Waals surface area contributed by atoms with Gasteiger partial charge in [-0.3, -0.25) is 0 Å². The SMILES string of the molecule is CCC(C)CSC(C)c1ccc(C(=O)OC)o1. The first-order valence-electron chi connectivity index (χ1n) is 5.88. The summed E-state index contributed by atoms with van der Waals surface area (Å²) in [6, 6.07) is 3.52. The summed E-state index contributed by atoms with van der Waals surface area (Å²) in [5.41, 5.74) is 0. The number of hydrogen-bond acceptors (Lipinski definition) is 4. The van der Waals surface area contributed by atoms with Crippen molar-refractivity contribution in [2.24, 2.45) is 5.92 Å². The lowest BCUT2D eigenvalue weighted by atomic mass is 10.2.